The zero-order chi connectivity index (χ0) is 14.5. The number of hydrogen-bond donors (Lipinski definition) is 3. The first kappa shape index (κ1) is 13.9. The summed E-state index contributed by atoms with van der Waals surface area (Å²) in [4.78, 5) is 11.5. The minimum atomic E-state index is -0.139. The molecule has 1 unspecified atom stereocenters. The van der Waals surface area contributed by atoms with E-state index in [1.54, 1.807) is 19.2 Å². The predicted molar refractivity (Wildman–Crippen MR) is 82.7 cm³/mol. The summed E-state index contributed by atoms with van der Waals surface area (Å²) in [6.45, 7) is 2.07. The van der Waals surface area contributed by atoms with E-state index in [-0.39, 0.29) is 11.9 Å². The van der Waals surface area contributed by atoms with Crippen molar-refractivity contribution in [1.29, 1.82) is 0 Å². The van der Waals surface area contributed by atoms with Crippen LogP contribution >= 0.6 is 0 Å². The molecule has 2 aromatic rings. The third-order valence-electron chi connectivity index (χ3n) is 3.21. The van der Waals surface area contributed by atoms with Crippen molar-refractivity contribution in [1.82, 2.24) is 5.32 Å². The zero-order valence-corrected chi connectivity index (χ0v) is 11.7. The number of benzene rings is 2. The van der Waals surface area contributed by atoms with Gasteiger partial charge in [-0.2, -0.15) is 0 Å². The molecular weight excluding hydrogens is 250 g/mol. The van der Waals surface area contributed by atoms with E-state index in [0.29, 0.717) is 11.3 Å². The van der Waals surface area contributed by atoms with Gasteiger partial charge in [-0.25, -0.2) is 0 Å². The van der Waals surface area contributed by atoms with E-state index in [2.05, 4.69) is 29.7 Å². The summed E-state index contributed by atoms with van der Waals surface area (Å²) in [6, 6.07) is 15.5. The maximum atomic E-state index is 11.5. The topological polar surface area (TPSA) is 67.2 Å². The van der Waals surface area contributed by atoms with Crippen LogP contribution in [0.3, 0.4) is 0 Å². The Hall–Kier alpha value is -2.49. The molecule has 0 radical (unpaired) electrons. The Morgan fingerprint density at radius 1 is 1.15 bits per heavy atom. The van der Waals surface area contributed by atoms with Gasteiger partial charge in [0.2, 0.25) is 0 Å². The number of nitrogen functional groups attached to an aromatic ring is 1. The molecule has 2 rings (SSSR count). The number of amides is 1. The highest BCUT2D eigenvalue weighted by atomic mass is 16.1. The summed E-state index contributed by atoms with van der Waals surface area (Å²) in [6.07, 6.45) is 0. The summed E-state index contributed by atoms with van der Waals surface area (Å²) in [5.74, 6) is -0.139. The molecule has 2 aromatic carbocycles. The Balaban J connectivity index is 2.16. The Morgan fingerprint density at radius 2 is 1.85 bits per heavy atom. The highest BCUT2D eigenvalue weighted by Crippen LogP contribution is 2.25. The average molecular weight is 269 g/mol. The van der Waals surface area contributed by atoms with Crippen molar-refractivity contribution < 1.29 is 4.79 Å². The minimum absolute atomic E-state index is 0.139. The van der Waals surface area contributed by atoms with E-state index < -0.39 is 0 Å². The lowest BCUT2D eigenvalue weighted by molar-refractivity contribution is 0.0963. The van der Waals surface area contributed by atoms with Gasteiger partial charge in [0.05, 0.1) is 11.4 Å². The molecule has 104 valence electrons. The van der Waals surface area contributed by atoms with E-state index in [1.807, 2.05) is 24.3 Å². The summed E-state index contributed by atoms with van der Waals surface area (Å²) in [5.41, 5.74) is 9.13. The lowest BCUT2D eigenvalue weighted by atomic mass is 10.1. The first-order valence-corrected chi connectivity index (χ1v) is 6.55. The molecule has 4 N–H and O–H groups in total. The van der Waals surface area contributed by atoms with Crippen LogP contribution in [-0.2, 0) is 0 Å². The Labute approximate surface area is 119 Å². The number of carbonyl (C=O) groups excluding carboxylic acids is 1. The maximum absolute atomic E-state index is 11.5. The summed E-state index contributed by atoms with van der Waals surface area (Å²) < 4.78 is 0. The van der Waals surface area contributed by atoms with Crippen molar-refractivity contribution in [2.24, 2.45) is 0 Å². The van der Waals surface area contributed by atoms with E-state index in [0.717, 1.165) is 5.69 Å². The van der Waals surface area contributed by atoms with E-state index >= 15 is 0 Å². The molecule has 0 aliphatic heterocycles. The second-order valence-corrected chi connectivity index (χ2v) is 4.66. The van der Waals surface area contributed by atoms with Crippen LogP contribution in [0, 0.1) is 0 Å². The van der Waals surface area contributed by atoms with Gasteiger partial charge in [-0.3, -0.25) is 4.79 Å². The molecule has 0 saturated heterocycles. The quantitative estimate of drug-likeness (QED) is 0.748. The van der Waals surface area contributed by atoms with Gasteiger partial charge in [-0.1, -0.05) is 30.3 Å². The number of nitrogens with one attached hydrogen (secondary N) is 2. The van der Waals surface area contributed by atoms with Crippen molar-refractivity contribution in [3.05, 3.63) is 59.7 Å². The molecule has 0 fully saturated rings. The van der Waals surface area contributed by atoms with Gasteiger partial charge in [0.1, 0.15) is 0 Å². The third-order valence-corrected chi connectivity index (χ3v) is 3.21. The van der Waals surface area contributed by atoms with Crippen molar-refractivity contribution in [3.8, 4) is 0 Å². The molecule has 0 aliphatic rings. The molecule has 4 nitrogen and oxygen atoms in total. The van der Waals surface area contributed by atoms with Crippen molar-refractivity contribution >= 4 is 17.3 Å². The van der Waals surface area contributed by atoms with Gasteiger partial charge in [-0.05, 0) is 30.7 Å². The van der Waals surface area contributed by atoms with Crippen LogP contribution in [0.2, 0.25) is 0 Å². The molecule has 0 aromatic heterocycles. The highest BCUT2D eigenvalue weighted by Gasteiger charge is 2.09. The van der Waals surface area contributed by atoms with Gasteiger partial charge in [-0.15, -0.1) is 0 Å². The standard InChI is InChI=1S/C16H19N3O/c1-11(12-6-4-3-5-7-12)19-15-9-8-13(10-14(15)17)16(20)18-2/h3-11,19H,17H2,1-2H3,(H,18,20). The molecule has 20 heavy (non-hydrogen) atoms. The summed E-state index contributed by atoms with van der Waals surface area (Å²) >= 11 is 0. The van der Waals surface area contributed by atoms with Crippen molar-refractivity contribution in [3.63, 3.8) is 0 Å². The number of hydrogen-bond acceptors (Lipinski definition) is 3. The van der Waals surface area contributed by atoms with Crippen LogP contribution in [0.5, 0.6) is 0 Å². The summed E-state index contributed by atoms with van der Waals surface area (Å²) in [5, 5.41) is 5.93. The number of nitrogens with two attached hydrogens (primary N) is 1. The lowest BCUT2D eigenvalue weighted by Gasteiger charge is -2.17. The predicted octanol–water partition coefficient (Wildman–Crippen LogP) is 2.80. The fourth-order valence-corrected chi connectivity index (χ4v) is 2.04. The number of carbonyl (C=O) groups is 1. The first-order valence-electron chi connectivity index (χ1n) is 6.55. The summed E-state index contributed by atoms with van der Waals surface area (Å²) in [7, 11) is 1.60. The second kappa shape index (κ2) is 6.10. The van der Waals surface area contributed by atoms with Crippen LogP contribution < -0.4 is 16.4 Å². The zero-order valence-electron chi connectivity index (χ0n) is 11.7. The fraction of sp³-hybridized carbons (Fsp3) is 0.188. The second-order valence-electron chi connectivity index (χ2n) is 4.66. The van der Waals surface area contributed by atoms with E-state index in [4.69, 9.17) is 5.73 Å². The Kier molecular flexibility index (Phi) is 4.25. The molecule has 0 saturated carbocycles. The highest BCUT2D eigenvalue weighted by molar-refractivity contribution is 5.95. The average Bonchev–Trinajstić information content (AvgIpc) is 2.49. The molecule has 0 heterocycles. The van der Waals surface area contributed by atoms with Crippen molar-refractivity contribution in [2.45, 2.75) is 13.0 Å². The van der Waals surface area contributed by atoms with Crippen molar-refractivity contribution in [2.75, 3.05) is 18.1 Å². The Morgan fingerprint density at radius 3 is 2.45 bits per heavy atom. The van der Waals surface area contributed by atoms with E-state index in [1.165, 1.54) is 5.56 Å². The van der Waals surface area contributed by atoms with Crippen LogP contribution in [0.25, 0.3) is 0 Å². The molecule has 1 atom stereocenters. The lowest BCUT2D eigenvalue weighted by Crippen LogP contribution is -2.18. The Bertz CT molecular complexity index is 596. The normalized spacial score (nSPS) is 11.7. The minimum Gasteiger partial charge on any atom is -0.397 e. The molecular formula is C16H19N3O. The van der Waals surface area contributed by atoms with E-state index in [9.17, 15) is 4.79 Å². The van der Waals surface area contributed by atoms with Gasteiger partial charge in [0.25, 0.3) is 5.91 Å². The molecule has 1 amide bonds. The fourth-order valence-electron chi connectivity index (χ4n) is 2.04. The molecule has 4 heteroatoms. The maximum Gasteiger partial charge on any atom is 0.251 e. The first-order chi connectivity index (χ1) is 9.61. The van der Waals surface area contributed by atoms with Crippen LogP contribution in [0.4, 0.5) is 11.4 Å². The SMILES string of the molecule is CNC(=O)c1ccc(NC(C)c2ccccc2)c(N)c1. The molecule has 0 aliphatic carbocycles. The number of anilines is 2. The van der Waals surface area contributed by atoms with Gasteiger partial charge in [0.15, 0.2) is 0 Å². The van der Waals surface area contributed by atoms with Crippen LogP contribution in [0.1, 0.15) is 28.9 Å². The molecule has 0 spiro atoms. The largest absolute Gasteiger partial charge is 0.397 e. The monoisotopic (exact) mass is 269 g/mol. The third kappa shape index (κ3) is 3.09. The smallest absolute Gasteiger partial charge is 0.251 e. The van der Waals surface area contributed by atoms with Crippen LogP contribution in [0.15, 0.2) is 48.5 Å². The van der Waals surface area contributed by atoms with Gasteiger partial charge in [0, 0.05) is 18.7 Å². The molecule has 0 bridgehead atoms. The van der Waals surface area contributed by atoms with Crippen LogP contribution in [-0.4, -0.2) is 13.0 Å². The van der Waals surface area contributed by atoms with Gasteiger partial charge >= 0.3 is 0 Å². The van der Waals surface area contributed by atoms with Gasteiger partial charge < -0.3 is 16.4 Å². The number of rotatable bonds is 4.